The van der Waals surface area contributed by atoms with Crippen molar-refractivity contribution in [3.8, 4) is 0 Å². The number of hydrogen-bond donors (Lipinski definition) is 13. The van der Waals surface area contributed by atoms with Crippen molar-refractivity contribution in [2.75, 3.05) is 19.7 Å². The van der Waals surface area contributed by atoms with Crippen LogP contribution in [0.15, 0.2) is 0 Å². The van der Waals surface area contributed by atoms with E-state index in [0.29, 0.717) is 0 Å². The smallest absolute Gasteiger partial charge is 0.187 e. The van der Waals surface area contributed by atoms with Gasteiger partial charge in [0.25, 0.3) is 0 Å². The lowest BCUT2D eigenvalue weighted by Gasteiger charge is -2.47. The van der Waals surface area contributed by atoms with E-state index in [2.05, 4.69) is 0 Å². The molecule has 19 atom stereocenters. The molecule has 0 spiro atoms. The first-order valence-electron chi connectivity index (χ1n) is 13.9. The van der Waals surface area contributed by atoms with E-state index in [0.717, 1.165) is 0 Å². The monoisotopic (exact) mass is 614 g/mol. The summed E-state index contributed by atoms with van der Waals surface area (Å²) in [5.74, 6) is 0. The Morgan fingerprint density at radius 2 is 0.976 bits per heavy atom. The number of rotatable bonds is 9. The van der Waals surface area contributed by atoms with Crippen LogP contribution >= 0.6 is 0 Å². The van der Waals surface area contributed by atoms with Gasteiger partial charge in [-0.2, -0.15) is 0 Å². The van der Waals surface area contributed by atoms with Crippen molar-refractivity contribution in [2.45, 2.75) is 123 Å². The molecule has 19 N–H and O–H groups in total. The molecule has 0 amide bonds. The highest BCUT2D eigenvalue weighted by Crippen LogP contribution is 2.34. The maximum Gasteiger partial charge on any atom is 0.187 e. The first-order chi connectivity index (χ1) is 19.8. The minimum Gasteiger partial charge on any atom is -0.394 e. The maximum absolute atomic E-state index is 11.1. The summed E-state index contributed by atoms with van der Waals surface area (Å²) < 4.78 is 34.6. The fourth-order valence-corrected chi connectivity index (χ4v) is 5.74. The molecule has 7 unspecified atom stereocenters. The fraction of sp³-hybridized carbons (Fsp3) is 1.00. The summed E-state index contributed by atoms with van der Waals surface area (Å²) in [5, 5.41) is 73.0. The van der Waals surface area contributed by atoms with E-state index in [9.17, 15) is 35.7 Å². The molecule has 0 aromatic heterocycles. The van der Waals surface area contributed by atoms with Gasteiger partial charge in [0.2, 0.25) is 0 Å². The minimum atomic E-state index is -1.60. The first-order valence-corrected chi connectivity index (χ1v) is 13.9. The third kappa shape index (κ3) is 6.60. The average Bonchev–Trinajstić information content (AvgIpc) is 3.27. The molecule has 4 fully saturated rings. The molecule has 3 heterocycles. The normalized spacial score (nSPS) is 53.8. The highest BCUT2D eigenvalue weighted by molar-refractivity contribution is 5.02. The van der Waals surface area contributed by atoms with Gasteiger partial charge in [0.15, 0.2) is 18.9 Å². The highest BCUT2D eigenvalue weighted by Gasteiger charge is 2.54. The number of hydrogen-bond acceptors (Lipinski definition) is 19. The molecule has 4 aliphatic rings. The van der Waals surface area contributed by atoms with Crippen molar-refractivity contribution < 1.29 is 64.2 Å². The van der Waals surface area contributed by atoms with E-state index in [-0.39, 0.29) is 19.5 Å². The summed E-state index contributed by atoms with van der Waals surface area (Å²) in [6.07, 6.45) is -19.8. The predicted octanol–water partition coefficient (Wildman–Crippen LogP) is -8.90. The SMILES string of the molecule is NCC1O[C@H](OC2[C@@H](CO)O[C@@H](O[C@@H]3C(O)[C@H](N)CC(N)[C@H]3O[C@H]3OC(CN)[C@@H](O)[C@H](O)C3N)[C@H]2O)C(N)[C@@H](O)[C@@H]1O. The summed E-state index contributed by atoms with van der Waals surface area (Å²) >= 11 is 0. The molecule has 246 valence electrons. The molecule has 1 aliphatic carbocycles. The largest absolute Gasteiger partial charge is 0.394 e. The van der Waals surface area contributed by atoms with E-state index < -0.39 is 123 Å². The Morgan fingerprint density at radius 3 is 1.45 bits per heavy atom. The predicted molar refractivity (Wildman–Crippen MR) is 138 cm³/mol. The summed E-state index contributed by atoms with van der Waals surface area (Å²) in [6, 6.07) is -4.18. The molecule has 19 nitrogen and oxygen atoms in total. The molecular weight excluding hydrogens is 568 g/mol. The van der Waals surface area contributed by atoms with Gasteiger partial charge in [-0.25, -0.2) is 0 Å². The molecule has 0 bridgehead atoms. The summed E-state index contributed by atoms with van der Waals surface area (Å²) in [4.78, 5) is 0. The first kappa shape index (κ1) is 34.1. The van der Waals surface area contributed by atoms with Crippen LogP contribution in [0.3, 0.4) is 0 Å². The van der Waals surface area contributed by atoms with Gasteiger partial charge >= 0.3 is 0 Å². The van der Waals surface area contributed by atoms with Gasteiger partial charge in [-0.15, -0.1) is 0 Å². The molecule has 4 rings (SSSR count). The lowest BCUT2D eigenvalue weighted by atomic mass is 9.84. The number of aliphatic hydroxyl groups excluding tert-OH is 7. The Morgan fingerprint density at radius 1 is 0.524 bits per heavy atom. The van der Waals surface area contributed by atoms with Crippen LogP contribution in [0.4, 0.5) is 0 Å². The second-order valence-electron chi connectivity index (χ2n) is 11.2. The Balaban J connectivity index is 1.50. The van der Waals surface area contributed by atoms with Crippen molar-refractivity contribution in [1.82, 2.24) is 0 Å². The molecular formula is C23H46N6O13. The van der Waals surface area contributed by atoms with Crippen LogP contribution in [-0.4, -0.2) is 172 Å². The van der Waals surface area contributed by atoms with Gasteiger partial charge in [-0.1, -0.05) is 0 Å². The molecule has 0 aromatic rings. The van der Waals surface area contributed by atoms with Crippen LogP contribution in [0.2, 0.25) is 0 Å². The second-order valence-corrected chi connectivity index (χ2v) is 11.2. The topological polar surface area (TPSA) is 353 Å². The van der Waals surface area contributed by atoms with E-state index in [1.807, 2.05) is 0 Å². The lowest BCUT2D eigenvalue weighted by molar-refractivity contribution is -0.306. The fourth-order valence-electron chi connectivity index (χ4n) is 5.74. The Bertz CT molecular complexity index is 868. The molecule has 1 saturated carbocycles. The zero-order valence-corrected chi connectivity index (χ0v) is 22.8. The van der Waals surface area contributed by atoms with Crippen LogP contribution < -0.4 is 34.4 Å². The van der Waals surface area contributed by atoms with Gasteiger partial charge in [-0.3, -0.25) is 0 Å². The van der Waals surface area contributed by atoms with Crippen LogP contribution in [-0.2, 0) is 28.4 Å². The molecule has 19 heteroatoms. The summed E-state index contributed by atoms with van der Waals surface area (Å²) in [7, 11) is 0. The molecule has 3 saturated heterocycles. The van der Waals surface area contributed by atoms with Gasteiger partial charge < -0.3 is 98.6 Å². The third-order valence-electron chi connectivity index (χ3n) is 8.37. The number of nitrogens with two attached hydrogens (primary N) is 6. The van der Waals surface area contributed by atoms with E-state index >= 15 is 0 Å². The van der Waals surface area contributed by atoms with Crippen LogP contribution in [0, 0.1) is 0 Å². The molecule has 0 radical (unpaired) electrons. The van der Waals surface area contributed by atoms with Crippen LogP contribution in [0.25, 0.3) is 0 Å². The average molecular weight is 615 g/mol. The van der Waals surface area contributed by atoms with E-state index in [1.165, 1.54) is 0 Å². The quantitative estimate of drug-likeness (QED) is 0.115. The zero-order chi connectivity index (χ0) is 31.0. The van der Waals surface area contributed by atoms with Crippen molar-refractivity contribution in [1.29, 1.82) is 0 Å². The van der Waals surface area contributed by atoms with Crippen LogP contribution in [0.1, 0.15) is 6.42 Å². The van der Waals surface area contributed by atoms with Crippen LogP contribution in [0.5, 0.6) is 0 Å². The summed E-state index contributed by atoms with van der Waals surface area (Å²) in [6.45, 7) is -0.967. The Hall–Kier alpha value is -0.760. The van der Waals surface area contributed by atoms with E-state index in [4.69, 9.17) is 62.8 Å². The van der Waals surface area contributed by atoms with Gasteiger partial charge in [0.1, 0.15) is 67.1 Å². The van der Waals surface area contributed by atoms with Crippen molar-refractivity contribution in [3.05, 3.63) is 0 Å². The van der Waals surface area contributed by atoms with Crippen molar-refractivity contribution in [2.24, 2.45) is 34.4 Å². The van der Waals surface area contributed by atoms with Crippen molar-refractivity contribution in [3.63, 3.8) is 0 Å². The Labute approximate surface area is 241 Å². The van der Waals surface area contributed by atoms with E-state index in [1.54, 1.807) is 0 Å². The lowest BCUT2D eigenvalue weighted by Crippen LogP contribution is -2.68. The summed E-state index contributed by atoms with van der Waals surface area (Å²) in [5.41, 5.74) is 35.6. The maximum atomic E-state index is 11.1. The minimum absolute atomic E-state index is 0.0889. The zero-order valence-electron chi connectivity index (χ0n) is 22.8. The van der Waals surface area contributed by atoms with Gasteiger partial charge in [0, 0.05) is 25.2 Å². The number of ether oxygens (including phenoxy) is 6. The van der Waals surface area contributed by atoms with Crippen molar-refractivity contribution >= 4 is 0 Å². The molecule has 0 aromatic carbocycles. The van der Waals surface area contributed by atoms with Gasteiger partial charge in [0.05, 0.1) is 24.8 Å². The molecule has 42 heavy (non-hydrogen) atoms. The number of aliphatic hydroxyl groups is 7. The molecule has 3 aliphatic heterocycles. The third-order valence-corrected chi connectivity index (χ3v) is 8.37. The second kappa shape index (κ2) is 14.1. The highest BCUT2D eigenvalue weighted by atomic mass is 16.8. The standard InChI is InChI=1S/C23H46N6O13/c24-2-7-13(32)15(34)10(28)21(37-7)40-18-6(27)1-5(26)12(31)20(18)42-23-17(36)19(9(4-30)39-23)41-22-11(29)16(35)14(33)8(3-25)38-22/h5-23,30-36H,1-4,24-29H2/t5-,6?,7?,8?,9-,10?,11?,12?,13-,14-,15-,16-,17+,18-,19?,20-,21-,22-,23+/m1/s1. The van der Waals surface area contributed by atoms with Gasteiger partial charge in [-0.05, 0) is 6.42 Å². The Kier molecular flexibility index (Phi) is 11.5.